The lowest BCUT2D eigenvalue weighted by Gasteiger charge is -2.32. The number of rotatable bonds is 3. The van der Waals surface area contributed by atoms with Crippen molar-refractivity contribution in [3.8, 4) is 0 Å². The van der Waals surface area contributed by atoms with Gasteiger partial charge < -0.3 is 9.64 Å². The van der Waals surface area contributed by atoms with E-state index in [0.717, 1.165) is 45.8 Å². The summed E-state index contributed by atoms with van der Waals surface area (Å²) in [7, 11) is 0. The van der Waals surface area contributed by atoms with Gasteiger partial charge in [-0.3, -0.25) is 15.0 Å². The van der Waals surface area contributed by atoms with Crippen LogP contribution >= 0.6 is 11.6 Å². The second-order valence-corrected chi connectivity index (χ2v) is 5.69. The molecule has 1 unspecified atom stereocenters. The topological polar surface area (TPSA) is 71.7 Å². The zero-order valence-electron chi connectivity index (χ0n) is 11.6. The van der Waals surface area contributed by atoms with Crippen molar-refractivity contribution in [2.24, 2.45) is 0 Å². The molecule has 0 saturated carbocycles. The van der Waals surface area contributed by atoms with Gasteiger partial charge in [-0.2, -0.15) is 0 Å². The van der Waals surface area contributed by atoms with Crippen molar-refractivity contribution in [2.75, 3.05) is 44.3 Å². The minimum absolute atomic E-state index is 0.0141. The standard InChI is InChI=1S/C13H17ClN4O3/c14-12-7-11(18(19)20)8-13(15-12)17-2-1-10(9-17)16-3-5-21-6-4-16/h7-8,10H,1-6,9H2. The number of anilines is 1. The van der Waals surface area contributed by atoms with Crippen LogP contribution in [-0.4, -0.2) is 60.2 Å². The maximum absolute atomic E-state index is 10.9. The second-order valence-electron chi connectivity index (χ2n) is 5.30. The first kappa shape index (κ1) is 14.5. The number of nitrogens with zero attached hydrogens (tertiary/aromatic N) is 4. The lowest BCUT2D eigenvalue weighted by molar-refractivity contribution is -0.384. The average molecular weight is 313 g/mol. The van der Waals surface area contributed by atoms with E-state index < -0.39 is 4.92 Å². The van der Waals surface area contributed by atoms with Gasteiger partial charge >= 0.3 is 0 Å². The van der Waals surface area contributed by atoms with Gasteiger partial charge in [-0.15, -0.1) is 0 Å². The highest BCUT2D eigenvalue weighted by atomic mass is 35.5. The van der Waals surface area contributed by atoms with Crippen LogP contribution in [0.3, 0.4) is 0 Å². The Morgan fingerprint density at radius 3 is 2.81 bits per heavy atom. The molecular weight excluding hydrogens is 296 g/mol. The predicted molar refractivity (Wildman–Crippen MR) is 78.9 cm³/mol. The van der Waals surface area contributed by atoms with Crippen LogP contribution in [0.2, 0.25) is 5.15 Å². The lowest BCUT2D eigenvalue weighted by Crippen LogP contribution is -2.44. The van der Waals surface area contributed by atoms with Gasteiger partial charge in [-0.25, -0.2) is 4.98 Å². The van der Waals surface area contributed by atoms with Crippen LogP contribution in [0.4, 0.5) is 11.5 Å². The molecule has 2 fully saturated rings. The van der Waals surface area contributed by atoms with E-state index in [1.54, 1.807) is 0 Å². The van der Waals surface area contributed by atoms with Crippen molar-refractivity contribution in [3.05, 3.63) is 27.4 Å². The minimum Gasteiger partial charge on any atom is -0.379 e. The molecule has 1 aromatic heterocycles. The molecule has 0 bridgehead atoms. The molecule has 114 valence electrons. The van der Waals surface area contributed by atoms with Gasteiger partial charge in [0.1, 0.15) is 11.0 Å². The fourth-order valence-electron chi connectivity index (χ4n) is 2.93. The molecule has 0 aromatic carbocycles. The molecule has 0 aliphatic carbocycles. The summed E-state index contributed by atoms with van der Waals surface area (Å²) in [4.78, 5) is 19.2. The molecule has 1 aromatic rings. The van der Waals surface area contributed by atoms with Crippen LogP contribution in [0.25, 0.3) is 0 Å². The van der Waals surface area contributed by atoms with Gasteiger partial charge in [0.15, 0.2) is 0 Å². The molecule has 0 radical (unpaired) electrons. The van der Waals surface area contributed by atoms with Gasteiger partial charge in [-0.1, -0.05) is 11.6 Å². The van der Waals surface area contributed by atoms with Gasteiger partial charge in [0.2, 0.25) is 0 Å². The number of halogens is 1. The van der Waals surface area contributed by atoms with Crippen molar-refractivity contribution >= 4 is 23.1 Å². The van der Waals surface area contributed by atoms with Gasteiger partial charge in [0.05, 0.1) is 30.3 Å². The van der Waals surface area contributed by atoms with Crippen LogP contribution in [0.15, 0.2) is 12.1 Å². The molecule has 0 N–H and O–H groups in total. The first-order valence-corrected chi connectivity index (χ1v) is 7.40. The summed E-state index contributed by atoms with van der Waals surface area (Å²) < 4.78 is 5.37. The van der Waals surface area contributed by atoms with E-state index in [0.29, 0.717) is 11.9 Å². The third-order valence-corrected chi connectivity index (χ3v) is 4.22. The zero-order chi connectivity index (χ0) is 14.8. The lowest BCUT2D eigenvalue weighted by atomic mass is 10.2. The third kappa shape index (κ3) is 3.25. The van der Waals surface area contributed by atoms with E-state index >= 15 is 0 Å². The van der Waals surface area contributed by atoms with Crippen molar-refractivity contribution < 1.29 is 9.66 Å². The number of ether oxygens (including phenoxy) is 1. The maximum atomic E-state index is 10.9. The molecule has 0 spiro atoms. The molecular formula is C13H17ClN4O3. The molecule has 2 aliphatic heterocycles. The van der Waals surface area contributed by atoms with Crippen molar-refractivity contribution in [2.45, 2.75) is 12.5 Å². The van der Waals surface area contributed by atoms with Crippen LogP contribution in [0, 0.1) is 10.1 Å². The Bertz CT molecular complexity index is 536. The normalized spacial score (nSPS) is 23.5. The van der Waals surface area contributed by atoms with Crippen molar-refractivity contribution in [1.82, 2.24) is 9.88 Å². The quantitative estimate of drug-likeness (QED) is 0.479. The van der Waals surface area contributed by atoms with E-state index in [1.165, 1.54) is 12.1 Å². The summed E-state index contributed by atoms with van der Waals surface area (Å²) in [6.45, 7) is 5.11. The van der Waals surface area contributed by atoms with E-state index in [9.17, 15) is 10.1 Å². The van der Waals surface area contributed by atoms with Crippen LogP contribution in [0.5, 0.6) is 0 Å². The first-order valence-electron chi connectivity index (χ1n) is 7.02. The highest BCUT2D eigenvalue weighted by molar-refractivity contribution is 6.29. The van der Waals surface area contributed by atoms with Crippen LogP contribution in [0.1, 0.15) is 6.42 Å². The molecule has 8 heteroatoms. The molecule has 3 rings (SSSR count). The fourth-order valence-corrected chi connectivity index (χ4v) is 3.13. The van der Waals surface area contributed by atoms with Crippen molar-refractivity contribution in [1.29, 1.82) is 0 Å². The zero-order valence-corrected chi connectivity index (χ0v) is 12.3. The van der Waals surface area contributed by atoms with Crippen LogP contribution < -0.4 is 4.90 Å². The molecule has 0 amide bonds. The number of morpholine rings is 1. The summed E-state index contributed by atoms with van der Waals surface area (Å²) >= 11 is 5.89. The molecule has 2 aliphatic rings. The Morgan fingerprint density at radius 1 is 1.33 bits per heavy atom. The van der Waals surface area contributed by atoms with Crippen LogP contribution in [-0.2, 0) is 4.74 Å². The fraction of sp³-hybridized carbons (Fsp3) is 0.615. The smallest absolute Gasteiger partial charge is 0.276 e. The first-order chi connectivity index (χ1) is 10.1. The summed E-state index contributed by atoms with van der Waals surface area (Å²) in [5.74, 6) is 0.588. The van der Waals surface area contributed by atoms with E-state index in [1.807, 2.05) is 0 Å². The molecule has 2 saturated heterocycles. The summed E-state index contributed by atoms with van der Waals surface area (Å²) in [5.41, 5.74) is -0.0141. The van der Waals surface area contributed by atoms with E-state index in [2.05, 4.69) is 14.8 Å². The van der Waals surface area contributed by atoms with Crippen molar-refractivity contribution in [3.63, 3.8) is 0 Å². The SMILES string of the molecule is O=[N+]([O-])c1cc(Cl)nc(N2CCC(N3CCOCC3)C2)c1. The Morgan fingerprint density at radius 2 is 2.10 bits per heavy atom. The van der Waals surface area contributed by atoms with Gasteiger partial charge in [-0.05, 0) is 6.42 Å². The predicted octanol–water partition coefficient (Wildman–Crippen LogP) is 1.55. The Hall–Kier alpha value is -1.44. The molecule has 1 atom stereocenters. The number of aromatic nitrogens is 1. The highest BCUT2D eigenvalue weighted by Crippen LogP contribution is 2.27. The van der Waals surface area contributed by atoms with Gasteiger partial charge in [0.25, 0.3) is 5.69 Å². The second kappa shape index (κ2) is 6.13. The average Bonchev–Trinajstić information content (AvgIpc) is 2.97. The molecule has 21 heavy (non-hydrogen) atoms. The summed E-state index contributed by atoms with van der Waals surface area (Å²) in [6, 6.07) is 3.22. The van der Waals surface area contributed by atoms with E-state index in [-0.39, 0.29) is 10.8 Å². The third-order valence-electron chi connectivity index (χ3n) is 4.03. The summed E-state index contributed by atoms with van der Waals surface area (Å²) in [5, 5.41) is 11.1. The monoisotopic (exact) mass is 312 g/mol. The molecule has 7 nitrogen and oxygen atoms in total. The number of hydrogen-bond acceptors (Lipinski definition) is 6. The Kier molecular flexibility index (Phi) is 4.23. The minimum atomic E-state index is -0.438. The largest absolute Gasteiger partial charge is 0.379 e. The highest BCUT2D eigenvalue weighted by Gasteiger charge is 2.30. The number of pyridine rings is 1. The number of nitro groups is 1. The Labute approximate surface area is 127 Å². The van der Waals surface area contributed by atoms with E-state index in [4.69, 9.17) is 16.3 Å². The maximum Gasteiger partial charge on any atom is 0.276 e. The number of hydrogen-bond donors (Lipinski definition) is 0. The van der Waals surface area contributed by atoms with Gasteiger partial charge in [0, 0.05) is 32.2 Å². The molecule has 3 heterocycles. The summed E-state index contributed by atoms with van der Waals surface area (Å²) in [6.07, 6.45) is 1.03. The Balaban J connectivity index is 1.72.